The van der Waals surface area contributed by atoms with Gasteiger partial charge in [-0.25, -0.2) is 15.0 Å². The van der Waals surface area contributed by atoms with Gasteiger partial charge in [0.15, 0.2) is 5.78 Å². The molecule has 12 heteroatoms. The fraction of sp³-hybridized carbons (Fsp3) is 0.464. The minimum Gasteiger partial charge on any atom is -0.480 e. The molecule has 1 aromatic carbocycles. The molecule has 1 N–H and O–H groups in total. The van der Waals surface area contributed by atoms with E-state index in [2.05, 4.69) is 26.7 Å². The molecule has 5 rings (SSSR count). The molecule has 4 heterocycles. The second-order valence-corrected chi connectivity index (χ2v) is 12.4. The van der Waals surface area contributed by atoms with Crippen molar-refractivity contribution in [3.05, 3.63) is 55.7 Å². The standard InChI is InChI=1S/C28H32Cl2N6O3S/c1-17-4-3-5-36(17)15-24-28(19-10-20(29)18(2)21(30)11-19)33-26(40-24)12-23(37)22-13-32-25(14-31-22)35-8-6-34(7-9-35)16-27(38)39/h10-11,13-14,17H,3-9,12,15-16H2,1-2H3,(H,38,39)/t17-/m1/s1. The van der Waals surface area contributed by atoms with Gasteiger partial charge in [-0.1, -0.05) is 23.2 Å². The largest absolute Gasteiger partial charge is 0.480 e. The molecule has 2 aliphatic rings. The van der Waals surface area contributed by atoms with Gasteiger partial charge < -0.3 is 10.0 Å². The average molecular weight is 604 g/mol. The SMILES string of the molecule is Cc1c(Cl)cc(-c2nc(CC(=O)c3cnc(N4CCN(CC(=O)O)CC4)cn3)sc2CN2CCC[C@H]2C)cc1Cl. The number of hydrogen-bond acceptors (Lipinski definition) is 9. The van der Waals surface area contributed by atoms with Gasteiger partial charge in [0, 0.05) is 59.3 Å². The van der Waals surface area contributed by atoms with Gasteiger partial charge in [-0.15, -0.1) is 11.3 Å². The van der Waals surface area contributed by atoms with Crippen LogP contribution in [0.15, 0.2) is 24.5 Å². The summed E-state index contributed by atoms with van der Waals surface area (Å²) < 4.78 is 0. The number of carboxylic acids is 1. The second kappa shape index (κ2) is 12.5. The highest BCUT2D eigenvalue weighted by atomic mass is 35.5. The van der Waals surface area contributed by atoms with Crippen molar-refractivity contribution in [2.45, 2.75) is 45.7 Å². The summed E-state index contributed by atoms with van der Waals surface area (Å²) in [5, 5.41) is 10.9. The van der Waals surface area contributed by atoms with Crippen LogP contribution in [0, 0.1) is 6.92 Å². The molecule has 2 saturated heterocycles. The third-order valence-electron chi connectivity index (χ3n) is 7.62. The predicted molar refractivity (Wildman–Crippen MR) is 158 cm³/mol. The molecule has 0 amide bonds. The first-order chi connectivity index (χ1) is 19.2. The van der Waals surface area contributed by atoms with Crippen LogP contribution in [0.2, 0.25) is 10.0 Å². The maximum Gasteiger partial charge on any atom is 0.317 e. The van der Waals surface area contributed by atoms with Crippen molar-refractivity contribution in [2.75, 3.05) is 44.2 Å². The highest BCUT2D eigenvalue weighted by Gasteiger charge is 2.25. The molecule has 0 saturated carbocycles. The van der Waals surface area contributed by atoms with E-state index in [0.717, 1.165) is 39.8 Å². The summed E-state index contributed by atoms with van der Waals surface area (Å²) in [6.07, 6.45) is 5.61. The van der Waals surface area contributed by atoms with Crippen molar-refractivity contribution < 1.29 is 14.7 Å². The van der Waals surface area contributed by atoms with Crippen molar-refractivity contribution in [1.29, 1.82) is 0 Å². The Morgan fingerprint density at radius 3 is 2.40 bits per heavy atom. The maximum atomic E-state index is 13.2. The summed E-state index contributed by atoms with van der Waals surface area (Å²) in [5.41, 5.74) is 2.79. The highest BCUT2D eigenvalue weighted by molar-refractivity contribution is 7.12. The van der Waals surface area contributed by atoms with E-state index in [1.165, 1.54) is 19.0 Å². The van der Waals surface area contributed by atoms with Crippen LogP contribution in [0.3, 0.4) is 0 Å². The molecule has 9 nitrogen and oxygen atoms in total. The quantitative estimate of drug-likeness (QED) is 0.345. The average Bonchev–Trinajstić information content (AvgIpc) is 3.52. The number of carboxylic acid groups (broad SMARTS) is 1. The van der Waals surface area contributed by atoms with E-state index >= 15 is 0 Å². The van der Waals surface area contributed by atoms with Crippen molar-refractivity contribution in [3.63, 3.8) is 0 Å². The molecule has 2 aliphatic heterocycles. The molecule has 2 aromatic heterocycles. The number of halogens is 2. The molecule has 2 fully saturated rings. The molecular formula is C28H32Cl2N6O3S. The summed E-state index contributed by atoms with van der Waals surface area (Å²) in [6.45, 7) is 8.56. The number of benzene rings is 1. The van der Waals surface area contributed by atoms with Gasteiger partial charge >= 0.3 is 5.97 Å². The Hall–Kier alpha value is -2.63. The van der Waals surface area contributed by atoms with Crippen LogP contribution in [0.1, 0.15) is 45.7 Å². The highest BCUT2D eigenvalue weighted by Crippen LogP contribution is 2.36. The second-order valence-electron chi connectivity index (χ2n) is 10.4. The summed E-state index contributed by atoms with van der Waals surface area (Å²) >= 11 is 14.5. The minimum atomic E-state index is -0.826. The maximum absolute atomic E-state index is 13.2. The topological polar surface area (TPSA) is 103 Å². The van der Waals surface area contributed by atoms with E-state index in [-0.39, 0.29) is 18.7 Å². The number of aliphatic carboxylic acids is 1. The summed E-state index contributed by atoms with van der Waals surface area (Å²) in [5.74, 6) is -0.294. The van der Waals surface area contributed by atoms with E-state index in [9.17, 15) is 9.59 Å². The molecule has 40 heavy (non-hydrogen) atoms. The fourth-order valence-electron chi connectivity index (χ4n) is 5.19. The number of rotatable bonds is 9. The predicted octanol–water partition coefficient (Wildman–Crippen LogP) is 4.83. The first-order valence-corrected chi connectivity index (χ1v) is 15.0. The molecule has 0 aliphatic carbocycles. The van der Waals surface area contributed by atoms with Gasteiger partial charge in [-0.05, 0) is 50.9 Å². The van der Waals surface area contributed by atoms with Gasteiger partial charge in [-0.2, -0.15) is 0 Å². The number of nitrogens with zero attached hydrogens (tertiary/aromatic N) is 6. The zero-order valence-corrected chi connectivity index (χ0v) is 24.9. The van der Waals surface area contributed by atoms with Gasteiger partial charge in [0.05, 0.1) is 31.1 Å². The molecule has 0 bridgehead atoms. The van der Waals surface area contributed by atoms with Crippen molar-refractivity contribution in [1.82, 2.24) is 24.8 Å². The summed E-state index contributed by atoms with van der Waals surface area (Å²) in [7, 11) is 0. The Kier molecular flexibility index (Phi) is 9.01. The van der Waals surface area contributed by atoms with Crippen LogP contribution in [-0.2, 0) is 17.8 Å². The number of piperazine rings is 1. The van der Waals surface area contributed by atoms with E-state index in [0.29, 0.717) is 53.8 Å². The lowest BCUT2D eigenvalue weighted by molar-refractivity contribution is -0.138. The van der Waals surface area contributed by atoms with E-state index in [1.54, 1.807) is 17.5 Å². The third kappa shape index (κ3) is 6.63. The number of ketones is 1. The number of carbonyl (C=O) groups excluding carboxylic acids is 1. The van der Waals surface area contributed by atoms with Crippen LogP contribution in [0.4, 0.5) is 5.82 Å². The van der Waals surface area contributed by atoms with E-state index < -0.39 is 5.97 Å². The zero-order valence-electron chi connectivity index (χ0n) is 22.6. The molecule has 212 valence electrons. The van der Waals surface area contributed by atoms with Gasteiger partial charge in [0.1, 0.15) is 16.5 Å². The summed E-state index contributed by atoms with van der Waals surface area (Å²) in [6, 6.07) is 4.29. The fourth-order valence-corrected chi connectivity index (χ4v) is 6.79. The van der Waals surface area contributed by atoms with E-state index in [4.69, 9.17) is 33.3 Å². The first kappa shape index (κ1) is 28.9. The smallest absolute Gasteiger partial charge is 0.317 e. The molecule has 1 atom stereocenters. The number of anilines is 1. The van der Waals surface area contributed by atoms with E-state index in [1.807, 2.05) is 24.0 Å². The number of thiazole rings is 1. The zero-order chi connectivity index (χ0) is 28.4. The number of aromatic nitrogens is 3. The van der Waals surface area contributed by atoms with Gasteiger partial charge in [0.25, 0.3) is 0 Å². The molecule has 3 aromatic rings. The van der Waals surface area contributed by atoms with Crippen LogP contribution >= 0.6 is 34.5 Å². The molecule has 0 radical (unpaired) electrons. The Morgan fingerprint density at radius 1 is 1.07 bits per heavy atom. The van der Waals surface area contributed by atoms with Crippen LogP contribution < -0.4 is 4.90 Å². The van der Waals surface area contributed by atoms with Crippen LogP contribution in [0.25, 0.3) is 11.3 Å². The Bertz CT molecular complexity index is 1370. The number of likely N-dealkylation sites (tertiary alicyclic amines) is 1. The minimum absolute atomic E-state index is 0.0359. The molecule has 0 unspecified atom stereocenters. The molecule has 0 spiro atoms. The van der Waals surface area contributed by atoms with Crippen molar-refractivity contribution >= 4 is 52.1 Å². The lowest BCUT2D eigenvalue weighted by atomic mass is 10.1. The number of hydrogen-bond donors (Lipinski definition) is 1. The Labute approximate surface area is 247 Å². The first-order valence-electron chi connectivity index (χ1n) is 13.4. The van der Waals surface area contributed by atoms with Gasteiger partial charge in [0.2, 0.25) is 0 Å². The lowest BCUT2D eigenvalue weighted by Crippen LogP contribution is -2.48. The lowest BCUT2D eigenvalue weighted by Gasteiger charge is -2.34. The third-order valence-corrected chi connectivity index (χ3v) is 9.45. The number of Topliss-reactive ketones (excluding diaryl/α,β-unsaturated/α-hetero) is 1. The van der Waals surface area contributed by atoms with Crippen molar-refractivity contribution in [2.24, 2.45) is 0 Å². The normalized spacial score (nSPS) is 18.4. The van der Waals surface area contributed by atoms with Crippen LogP contribution in [0.5, 0.6) is 0 Å². The van der Waals surface area contributed by atoms with Gasteiger partial charge in [-0.3, -0.25) is 19.4 Å². The number of carbonyl (C=O) groups is 2. The Morgan fingerprint density at radius 2 is 1.80 bits per heavy atom. The summed E-state index contributed by atoms with van der Waals surface area (Å²) in [4.78, 5) is 45.4. The van der Waals surface area contributed by atoms with Crippen LogP contribution in [-0.4, -0.2) is 86.9 Å². The molecular weight excluding hydrogens is 571 g/mol. The van der Waals surface area contributed by atoms with Crippen molar-refractivity contribution in [3.8, 4) is 11.3 Å². The monoisotopic (exact) mass is 602 g/mol. The Balaban J connectivity index is 1.31.